The topological polar surface area (TPSA) is 106 Å². The minimum Gasteiger partial charge on any atom is -0.368 e. The number of carbonyl (C=O) groups is 2. The van der Waals surface area contributed by atoms with Crippen LogP contribution >= 0.6 is 11.6 Å². The quantitative estimate of drug-likeness (QED) is 0.683. The third-order valence-corrected chi connectivity index (χ3v) is 4.90. The van der Waals surface area contributed by atoms with Crippen molar-refractivity contribution in [2.24, 2.45) is 17.9 Å². The molecular formula is C19H16ClFN6O2. The van der Waals surface area contributed by atoms with Crippen LogP contribution in [0.15, 0.2) is 47.6 Å². The number of imidazole rings is 1. The van der Waals surface area contributed by atoms with Crippen LogP contribution in [-0.4, -0.2) is 33.1 Å². The molecule has 0 radical (unpaired) electrons. The molecule has 0 aliphatic carbocycles. The Labute approximate surface area is 169 Å². The van der Waals surface area contributed by atoms with E-state index in [0.29, 0.717) is 22.2 Å². The van der Waals surface area contributed by atoms with Gasteiger partial charge in [-0.3, -0.25) is 19.9 Å². The van der Waals surface area contributed by atoms with E-state index >= 15 is 0 Å². The molecule has 4 rings (SSSR count). The molecule has 1 atom stereocenters. The van der Waals surface area contributed by atoms with Gasteiger partial charge in [0.2, 0.25) is 11.9 Å². The van der Waals surface area contributed by atoms with Gasteiger partial charge >= 0.3 is 0 Å². The Morgan fingerprint density at radius 3 is 2.66 bits per heavy atom. The Balaban J connectivity index is 1.61. The Morgan fingerprint density at radius 1 is 1.24 bits per heavy atom. The lowest BCUT2D eigenvalue weighted by Gasteiger charge is -2.20. The summed E-state index contributed by atoms with van der Waals surface area (Å²) < 4.78 is 14.9. The number of primary amides is 1. The molecular weight excluding hydrogens is 399 g/mol. The van der Waals surface area contributed by atoms with E-state index in [1.165, 1.54) is 29.3 Å². The summed E-state index contributed by atoms with van der Waals surface area (Å²) in [5.41, 5.74) is 7.46. The van der Waals surface area contributed by atoms with E-state index in [2.05, 4.69) is 15.4 Å². The van der Waals surface area contributed by atoms with Crippen LogP contribution in [-0.2, 0) is 16.6 Å². The molecule has 2 amide bonds. The number of benzene rings is 2. The van der Waals surface area contributed by atoms with Crippen LogP contribution in [0.5, 0.6) is 0 Å². The van der Waals surface area contributed by atoms with Crippen LogP contribution in [0.4, 0.5) is 16.0 Å². The second-order valence-electron chi connectivity index (χ2n) is 6.57. The number of nitrogens with zero attached hydrogens (tertiary/aromatic N) is 4. The van der Waals surface area contributed by atoms with E-state index in [1.54, 1.807) is 29.8 Å². The number of amides is 2. The first-order valence-electron chi connectivity index (χ1n) is 8.68. The third kappa shape index (κ3) is 3.52. The summed E-state index contributed by atoms with van der Waals surface area (Å²) in [7, 11) is 1.76. The first-order valence-corrected chi connectivity index (χ1v) is 9.06. The normalized spacial score (nSPS) is 16.2. The number of nitrogens with two attached hydrogens (primary N) is 1. The van der Waals surface area contributed by atoms with E-state index in [-0.39, 0.29) is 12.1 Å². The predicted octanol–water partition coefficient (Wildman–Crippen LogP) is 2.42. The molecule has 1 aromatic heterocycles. The molecule has 3 N–H and O–H groups in total. The Bertz CT molecular complexity index is 1160. The Morgan fingerprint density at radius 2 is 1.97 bits per heavy atom. The number of nitrogens with one attached hydrogen (secondary N) is 1. The first kappa shape index (κ1) is 18.9. The first-order chi connectivity index (χ1) is 13.8. The highest BCUT2D eigenvalue weighted by Gasteiger charge is 2.35. The van der Waals surface area contributed by atoms with Gasteiger partial charge in [-0.2, -0.15) is 5.10 Å². The largest absolute Gasteiger partial charge is 0.368 e. The molecule has 148 valence electrons. The number of aromatic nitrogens is 2. The van der Waals surface area contributed by atoms with Crippen molar-refractivity contribution in [3.05, 3.63) is 53.3 Å². The van der Waals surface area contributed by atoms with Crippen LogP contribution < -0.4 is 16.1 Å². The maximum absolute atomic E-state index is 13.2. The second-order valence-corrected chi connectivity index (χ2v) is 7.01. The molecule has 1 aliphatic heterocycles. The SMILES string of the molecule is Cn1c(NC(=O)C2=NN(c3ccc(F)cc3)C(C(N)=O)C2)nc2cc(Cl)ccc21. The average molecular weight is 415 g/mol. The van der Waals surface area contributed by atoms with Gasteiger partial charge in [0.05, 0.1) is 16.7 Å². The highest BCUT2D eigenvalue weighted by molar-refractivity contribution is 6.44. The zero-order valence-corrected chi connectivity index (χ0v) is 16.0. The smallest absolute Gasteiger partial charge is 0.274 e. The van der Waals surface area contributed by atoms with Crippen molar-refractivity contribution >= 4 is 51.8 Å². The van der Waals surface area contributed by atoms with Crippen molar-refractivity contribution in [2.75, 3.05) is 10.3 Å². The fraction of sp³-hybridized carbons (Fsp3) is 0.158. The van der Waals surface area contributed by atoms with Crippen LogP contribution in [0.25, 0.3) is 11.0 Å². The van der Waals surface area contributed by atoms with Gasteiger partial charge in [-0.1, -0.05) is 11.6 Å². The summed E-state index contributed by atoms with van der Waals surface area (Å²) in [5.74, 6) is -1.26. The molecule has 2 heterocycles. The van der Waals surface area contributed by atoms with Crippen LogP contribution in [0, 0.1) is 5.82 Å². The molecule has 8 nitrogen and oxygen atoms in total. The molecule has 0 bridgehead atoms. The van der Waals surface area contributed by atoms with E-state index in [1.807, 2.05) is 0 Å². The van der Waals surface area contributed by atoms with Crippen LogP contribution in [0.1, 0.15) is 6.42 Å². The zero-order chi connectivity index (χ0) is 20.7. The number of fused-ring (bicyclic) bond motifs is 1. The minimum atomic E-state index is -0.847. The number of hydrogen-bond acceptors (Lipinski definition) is 5. The highest BCUT2D eigenvalue weighted by Crippen LogP contribution is 2.26. The van der Waals surface area contributed by atoms with Crippen LogP contribution in [0.3, 0.4) is 0 Å². The Kier molecular flexibility index (Phi) is 4.67. The van der Waals surface area contributed by atoms with Gasteiger partial charge in [-0.15, -0.1) is 0 Å². The van der Waals surface area contributed by atoms with Gasteiger partial charge in [0, 0.05) is 18.5 Å². The van der Waals surface area contributed by atoms with E-state index in [4.69, 9.17) is 17.3 Å². The summed E-state index contributed by atoms with van der Waals surface area (Å²) >= 11 is 5.99. The molecule has 0 saturated carbocycles. The van der Waals surface area contributed by atoms with Gasteiger partial charge in [-0.25, -0.2) is 9.37 Å². The summed E-state index contributed by atoms with van der Waals surface area (Å²) in [6, 6.07) is 9.79. The van der Waals surface area contributed by atoms with Crippen LogP contribution in [0.2, 0.25) is 5.02 Å². The number of hydrazone groups is 1. The van der Waals surface area contributed by atoms with Crippen molar-refractivity contribution in [2.45, 2.75) is 12.5 Å². The predicted molar refractivity (Wildman–Crippen MR) is 108 cm³/mol. The molecule has 10 heteroatoms. The van der Waals surface area contributed by atoms with E-state index in [0.717, 1.165) is 5.52 Å². The van der Waals surface area contributed by atoms with E-state index < -0.39 is 23.7 Å². The van der Waals surface area contributed by atoms with Gasteiger partial charge in [0.25, 0.3) is 5.91 Å². The van der Waals surface area contributed by atoms with Gasteiger partial charge in [0.15, 0.2) is 0 Å². The molecule has 2 aromatic carbocycles. The zero-order valence-electron chi connectivity index (χ0n) is 15.3. The number of hydrogen-bond donors (Lipinski definition) is 2. The Hall–Kier alpha value is -3.46. The highest BCUT2D eigenvalue weighted by atomic mass is 35.5. The van der Waals surface area contributed by atoms with Crippen molar-refractivity contribution in [1.29, 1.82) is 0 Å². The van der Waals surface area contributed by atoms with Crippen molar-refractivity contribution in [1.82, 2.24) is 9.55 Å². The summed E-state index contributed by atoms with van der Waals surface area (Å²) in [6.07, 6.45) is 0.0221. The van der Waals surface area contributed by atoms with Crippen molar-refractivity contribution < 1.29 is 14.0 Å². The lowest BCUT2D eigenvalue weighted by molar-refractivity contribution is -0.119. The molecule has 0 spiro atoms. The van der Waals surface area contributed by atoms with E-state index in [9.17, 15) is 14.0 Å². The maximum Gasteiger partial charge on any atom is 0.274 e. The lowest BCUT2D eigenvalue weighted by atomic mass is 10.1. The van der Waals surface area contributed by atoms with Gasteiger partial charge in [0.1, 0.15) is 17.6 Å². The number of rotatable bonds is 4. The minimum absolute atomic E-state index is 0.0221. The number of carbonyl (C=O) groups excluding carboxylic acids is 2. The number of halogens is 2. The van der Waals surface area contributed by atoms with Crippen molar-refractivity contribution in [3.63, 3.8) is 0 Å². The monoisotopic (exact) mass is 414 g/mol. The molecule has 1 unspecified atom stereocenters. The second kappa shape index (κ2) is 7.17. The summed E-state index contributed by atoms with van der Waals surface area (Å²) in [6.45, 7) is 0. The fourth-order valence-corrected chi connectivity index (χ4v) is 3.33. The summed E-state index contributed by atoms with van der Waals surface area (Å²) in [5, 5.41) is 8.80. The molecule has 0 fully saturated rings. The lowest BCUT2D eigenvalue weighted by Crippen LogP contribution is -2.39. The number of anilines is 2. The fourth-order valence-electron chi connectivity index (χ4n) is 3.16. The van der Waals surface area contributed by atoms with Crippen molar-refractivity contribution in [3.8, 4) is 0 Å². The summed E-state index contributed by atoms with van der Waals surface area (Å²) in [4.78, 5) is 29.0. The maximum atomic E-state index is 13.2. The number of aryl methyl sites for hydroxylation is 1. The third-order valence-electron chi connectivity index (χ3n) is 4.66. The standard InChI is InChI=1S/C19H16ClFN6O2/c1-26-15-7-2-10(20)8-13(15)23-19(26)24-18(29)14-9-16(17(22)28)27(25-14)12-5-3-11(21)4-6-12/h2-8,16H,9H2,1H3,(H2,22,28)(H,23,24,29). The molecule has 3 aromatic rings. The average Bonchev–Trinajstić information content (AvgIpc) is 3.25. The molecule has 1 aliphatic rings. The van der Waals surface area contributed by atoms with Gasteiger partial charge in [-0.05, 0) is 42.5 Å². The molecule has 29 heavy (non-hydrogen) atoms. The molecule has 0 saturated heterocycles. The van der Waals surface area contributed by atoms with Gasteiger partial charge < -0.3 is 10.3 Å².